The molecule has 21 heavy (non-hydrogen) atoms. The minimum absolute atomic E-state index is 0.0106. The summed E-state index contributed by atoms with van der Waals surface area (Å²) < 4.78 is 10.6. The van der Waals surface area contributed by atoms with E-state index in [4.69, 9.17) is 9.47 Å². The highest BCUT2D eigenvalue weighted by atomic mass is 16.7. The fourth-order valence-corrected chi connectivity index (χ4v) is 4.34. The van der Waals surface area contributed by atoms with Crippen molar-refractivity contribution in [2.75, 3.05) is 6.79 Å². The molecule has 2 fully saturated rings. The molecule has 4 nitrogen and oxygen atoms in total. The highest BCUT2D eigenvalue weighted by molar-refractivity contribution is 5.95. The van der Waals surface area contributed by atoms with Crippen molar-refractivity contribution in [1.82, 2.24) is 5.32 Å². The van der Waals surface area contributed by atoms with E-state index in [0.717, 1.165) is 11.8 Å². The van der Waals surface area contributed by atoms with Crippen LogP contribution in [-0.2, 0) is 0 Å². The van der Waals surface area contributed by atoms with E-state index in [9.17, 15) is 4.79 Å². The monoisotopic (exact) mass is 287 g/mol. The minimum Gasteiger partial charge on any atom is -0.454 e. The Morgan fingerprint density at radius 1 is 1.24 bits per heavy atom. The Labute approximate surface area is 124 Å². The maximum Gasteiger partial charge on any atom is 0.251 e. The quantitative estimate of drug-likeness (QED) is 0.929. The van der Waals surface area contributed by atoms with E-state index in [-0.39, 0.29) is 18.7 Å². The Morgan fingerprint density at radius 2 is 2.10 bits per heavy atom. The molecule has 2 saturated carbocycles. The number of benzene rings is 1. The first-order valence-electron chi connectivity index (χ1n) is 7.91. The van der Waals surface area contributed by atoms with Crippen LogP contribution < -0.4 is 14.8 Å². The number of ether oxygens (including phenoxy) is 2. The van der Waals surface area contributed by atoms with Gasteiger partial charge in [-0.25, -0.2) is 0 Å². The van der Waals surface area contributed by atoms with Crippen molar-refractivity contribution in [3.8, 4) is 11.5 Å². The summed E-state index contributed by atoms with van der Waals surface area (Å²) in [5, 5.41) is 3.18. The Bertz CT molecular complexity index is 571. The predicted octanol–water partition coefficient (Wildman–Crippen LogP) is 2.97. The molecule has 1 aromatic carbocycles. The third-order valence-electron chi connectivity index (χ3n) is 5.43. The molecule has 0 aromatic heterocycles. The molecule has 2 aliphatic carbocycles. The van der Waals surface area contributed by atoms with E-state index in [1.165, 1.54) is 25.7 Å². The number of rotatable bonds is 3. The molecule has 3 aliphatic rings. The molecule has 1 aliphatic heterocycles. The minimum atomic E-state index is -0.0106. The number of fused-ring (bicyclic) bond motifs is 3. The number of carbonyl (C=O) groups excluding carboxylic acids is 1. The van der Waals surface area contributed by atoms with Gasteiger partial charge in [0.05, 0.1) is 0 Å². The lowest BCUT2D eigenvalue weighted by molar-refractivity contribution is 0.0915. The molecule has 4 rings (SSSR count). The number of amides is 1. The molecule has 0 radical (unpaired) electrons. The molecular formula is C17H21NO3. The van der Waals surface area contributed by atoms with Gasteiger partial charge in [0.1, 0.15) is 0 Å². The van der Waals surface area contributed by atoms with E-state index in [1.54, 1.807) is 18.2 Å². The summed E-state index contributed by atoms with van der Waals surface area (Å²) in [5.74, 6) is 3.75. The number of nitrogens with one attached hydrogen (secondary N) is 1. The number of carbonyl (C=O) groups is 1. The largest absolute Gasteiger partial charge is 0.454 e. The predicted molar refractivity (Wildman–Crippen MR) is 78.4 cm³/mol. The molecule has 4 atom stereocenters. The van der Waals surface area contributed by atoms with E-state index in [2.05, 4.69) is 12.2 Å². The van der Waals surface area contributed by atoms with Gasteiger partial charge in [0.2, 0.25) is 6.79 Å². The topological polar surface area (TPSA) is 47.6 Å². The molecule has 0 spiro atoms. The molecule has 0 unspecified atom stereocenters. The van der Waals surface area contributed by atoms with Gasteiger partial charge in [-0.15, -0.1) is 0 Å². The number of hydrogen-bond donors (Lipinski definition) is 1. The molecule has 1 amide bonds. The van der Waals surface area contributed by atoms with Crippen LogP contribution in [0.4, 0.5) is 0 Å². The second-order valence-corrected chi connectivity index (χ2v) is 6.67. The molecule has 2 bridgehead atoms. The zero-order valence-corrected chi connectivity index (χ0v) is 12.3. The SMILES string of the molecule is C[C@H](NC(=O)c1ccc2c(c1)OCO2)[C@H]1C[C@H]2CC[C@H]1C2. The average Bonchev–Trinajstić information content (AvgIpc) is 3.21. The summed E-state index contributed by atoms with van der Waals surface area (Å²) in [4.78, 5) is 12.4. The van der Waals surface area contributed by atoms with Crippen LogP contribution in [0.1, 0.15) is 43.0 Å². The van der Waals surface area contributed by atoms with E-state index in [0.29, 0.717) is 23.0 Å². The zero-order chi connectivity index (χ0) is 14.4. The lowest BCUT2D eigenvalue weighted by atomic mass is 9.84. The van der Waals surface area contributed by atoms with Crippen LogP contribution in [0.5, 0.6) is 11.5 Å². The lowest BCUT2D eigenvalue weighted by Gasteiger charge is -2.28. The van der Waals surface area contributed by atoms with Crippen LogP contribution in [0, 0.1) is 17.8 Å². The van der Waals surface area contributed by atoms with Crippen LogP contribution >= 0.6 is 0 Å². The molecule has 1 heterocycles. The number of hydrogen-bond acceptors (Lipinski definition) is 3. The fraction of sp³-hybridized carbons (Fsp3) is 0.588. The molecule has 1 aromatic rings. The summed E-state index contributed by atoms with van der Waals surface area (Å²) in [7, 11) is 0. The summed E-state index contributed by atoms with van der Waals surface area (Å²) in [5.41, 5.74) is 0.647. The van der Waals surface area contributed by atoms with Crippen LogP contribution in [0.2, 0.25) is 0 Å². The van der Waals surface area contributed by atoms with Crippen molar-refractivity contribution in [3.63, 3.8) is 0 Å². The van der Waals surface area contributed by atoms with Gasteiger partial charge in [-0.05, 0) is 62.1 Å². The summed E-state index contributed by atoms with van der Waals surface area (Å²) in [6.45, 7) is 2.39. The van der Waals surface area contributed by atoms with Crippen molar-refractivity contribution in [2.24, 2.45) is 17.8 Å². The highest BCUT2D eigenvalue weighted by Crippen LogP contribution is 2.49. The Morgan fingerprint density at radius 3 is 2.86 bits per heavy atom. The molecule has 112 valence electrons. The second-order valence-electron chi connectivity index (χ2n) is 6.67. The third-order valence-corrected chi connectivity index (χ3v) is 5.43. The highest BCUT2D eigenvalue weighted by Gasteiger charge is 2.42. The van der Waals surface area contributed by atoms with Gasteiger partial charge in [-0.1, -0.05) is 6.42 Å². The Balaban J connectivity index is 1.43. The van der Waals surface area contributed by atoms with Crippen molar-refractivity contribution in [2.45, 2.75) is 38.6 Å². The Hall–Kier alpha value is -1.71. The van der Waals surface area contributed by atoms with Gasteiger partial charge in [0.25, 0.3) is 5.91 Å². The first kappa shape index (κ1) is 13.0. The summed E-state index contributed by atoms with van der Waals surface area (Å²) >= 11 is 0. The normalized spacial score (nSPS) is 30.4. The van der Waals surface area contributed by atoms with E-state index < -0.39 is 0 Å². The zero-order valence-electron chi connectivity index (χ0n) is 12.3. The van der Waals surface area contributed by atoms with E-state index in [1.807, 2.05) is 0 Å². The third kappa shape index (κ3) is 2.27. The molecule has 1 N–H and O–H groups in total. The first-order chi connectivity index (χ1) is 10.2. The van der Waals surface area contributed by atoms with E-state index >= 15 is 0 Å². The van der Waals surface area contributed by atoms with Gasteiger partial charge in [-0.3, -0.25) is 4.79 Å². The van der Waals surface area contributed by atoms with Crippen molar-refractivity contribution in [1.29, 1.82) is 0 Å². The van der Waals surface area contributed by atoms with Crippen molar-refractivity contribution >= 4 is 5.91 Å². The molecular weight excluding hydrogens is 266 g/mol. The van der Waals surface area contributed by atoms with Crippen LogP contribution in [0.3, 0.4) is 0 Å². The maximum absolute atomic E-state index is 12.4. The summed E-state index contributed by atoms with van der Waals surface area (Å²) in [6, 6.07) is 5.62. The molecule has 0 saturated heterocycles. The maximum atomic E-state index is 12.4. The second kappa shape index (κ2) is 4.93. The van der Waals surface area contributed by atoms with Crippen LogP contribution in [-0.4, -0.2) is 18.7 Å². The van der Waals surface area contributed by atoms with Crippen molar-refractivity contribution in [3.05, 3.63) is 23.8 Å². The van der Waals surface area contributed by atoms with Gasteiger partial charge in [0, 0.05) is 11.6 Å². The standard InChI is InChI=1S/C17H21NO3/c1-10(14-7-11-2-3-12(14)6-11)18-17(19)13-4-5-15-16(8-13)21-9-20-15/h4-5,8,10-12,14H,2-3,6-7,9H2,1H3,(H,18,19)/t10-,11-,12-,14+/m0/s1. The summed E-state index contributed by atoms with van der Waals surface area (Å²) in [6.07, 6.45) is 5.39. The smallest absolute Gasteiger partial charge is 0.251 e. The first-order valence-corrected chi connectivity index (χ1v) is 7.91. The van der Waals surface area contributed by atoms with Gasteiger partial charge < -0.3 is 14.8 Å². The molecule has 4 heteroatoms. The fourth-order valence-electron chi connectivity index (χ4n) is 4.34. The van der Waals surface area contributed by atoms with Crippen LogP contribution in [0.25, 0.3) is 0 Å². The van der Waals surface area contributed by atoms with Gasteiger partial charge >= 0.3 is 0 Å². The Kier molecular flexibility index (Phi) is 3.05. The van der Waals surface area contributed by atoms with Gasteiger partial charge in [0.15, 0.2) is 11.5 Å². The van der Waals surface area contributed by atoms with Crippen molar-refractivity contribution < 1.29 is 14.3 Å². The van der Waals surface area contributed by atoms with Crippen LogP contribution in [0.15, 0.2) is 18.2 Å². The lowest BCUT2D eigenvalue weighted by Crippen LogP contribution is -2.40. The van der Waals surface area contributed by atoms with Gasteiger partial charge in [-0.2, -0.15) is 0 Å². The average molecular weight is 287 g/mol.